The number of furan rings is 1. The molecule has 1 N–H and O–H groups in total. The van der Waals surface area contributed by atoms with Gasteiger partial charge in [0.25, 0.3) is 0 Å². The number of hydrogen-bond acceptors (Lipinski definition) is 4. The molecule has 0 spiro atoms. The van der Waals surface area contributed by atoms with Crippen molar-refractivity contribution < 1.29 is 13.9 Å². The number of amides is 1. The molecule has 2 aromatic rings. The Bertz CT molecular complexity index is 692. The van der Waals surface area contributed by atoms with Crippen LogP contribution in [0, 0.1) is 5.92 Å². The van der Waals surface area contributed by atoms with Gasteiger partial charge in [0.2, 0.25) is 5.91 Å². The summed E-state index contributed by atoms with van der Waals surface area (Å²) in [4.78, 5) is 14.9. The summed E-state index contributed by atoms with van der Waals surface area (Å²) in [5.74, 6) is 1.25. The van der Waals surface area contributed by atoms with Crippen molar-refractivity contribution in [1.82, 2.24) is 4.90 Å². The first-order valence-electron chi connectivity index (χ1n) is 8.53. The number of carbonyl (C=O) groups excluding carboxylic acids is 1. The van der Waals surface area contributed by atoms with Crippen molar-refractivity contribution in [2.45, 2.75) is 18.9 Å². The van der Waals surface area contributed by atoms with Crippen molar-refractivity contribution in [1.29, 1.82) is 0 Å². The van der Waals surface area contributed by atoms with E-state index >= 15 is 0 Å². The third-order valence-electron chi connectivity index (χ3n) is 4.81. The average molecular weight is 326 g/mol. The summed E-state index contributed by atoms with van der Waals surface area (Å²) in [7, 11) is 0. The van der Waals surface area contributed by atoms with Crippen LogP contribution in [0.15, 0.2) is 47.1 Å². The van der Waals surface area contributed by atoms with E-state index in [-0.39, 0.29) is 17.7 Å². The molecule has 126 valence electrons. The first-order valence-corrected chi connectivity index (χ1v) is 8.53. The minimum atomic E-state index is 0.0209. The van der Waals surface area contributed by atoms with Gasteiger partial charge in [-0.1, -0.05) is 18.2 Å². The molecule has 1 aliphatic carbocycles. The molecule has 1 aromatic heterocycles. The van der Waals surface area contributed by atoms with Crippen LogP contribution in [0.1, 0.15) is 23.7 Å². The SMILES string of the molecule is O=C(Nc1ccccc1CN1CCOCC1)C1CC1c1ccco1. The summed E-state index contributed by atoms with van der Waals surface area (Å²) in [6.45, 7) is 4.27. The lowest BCUT2D eigenvalue weighted by molar-refractivity contribution is -0.117. The van der Waals surface area contributed by atoms with Crippen LogP contribution in [0.25, 0.3) is 0 Å². The number of rotatable bonds is 5. The number of anilines is 1. The van der Waals surface area contributed by atoms with Gasteiger partial charge in [0, 0.05) is 37.2 Å². The number of hydrogen-bond donors (Lipinski definition) is 1. The Labute approximate surface area is 141 Å². The highest BCUT2D eigenvalue weighted by Crippen LogP contribution is 2.48. The standard InChI is InChI=1S/C19H22N2O3/c22-19(16-12-15(16)18-6-3-9-24-18)20-17-5-2-1-4-14(17)13-21-7-10-23-11-8-21/h1-6,9,15-16H,7-8,10-13H2,(H,20,22). The van der Waals surface area contributed by atoms with Crippen molar-refractivity contribution >= 4 is 11.6 Å². The largest absolute Gasteiger partial charge is 0.469 e. The summed E-state index contributed by atoms with van der Waals surface area (Å²) >= 11 is 0. The van der Waals surface area contributed by atoms with Crippen LogP contribution in [0.4, 0.5) is 5.69 Å². The van der Waals surface area contributed by atoms with Crippen LogP contribution in [0.5, 0.6) is 0 Å². The third-order valence-corrected chi connectivity index (χ3v) is 4.81. The van der Waals surface area contributed by atoms with Crippen LogP contribution >= 0.6 is 0 Å². The van der Waals surface area contributed by atoms with E-state index in [2.05, 4.69) is 16.3 Å². The fourth-order valence-corrected chi connectivity index (χ4v) is 3.31. The number of para-hydroxylation sites is 1. The monoisotopic (exact) mass is 326 g/mol. The number of benzene rings is 1. The van der Waals surface area contributed by atoms with Gasteiger partial charge in [-0.25, -0.2) is 0 Å². The molecule has 4 rings (SSSR count). The third kappa shape index (κ3) is 3.37. The second kappa shape index (κ2) is 6.79. The van der Waals surface area contributed by atoms with E-state index in [4.69, 9.17) is 9.15 Å². The Morgan fingerprint density at radius 1 is 1.17 bits per heavy atom. The maximum atomic E-state index is 12.5. The molecule has 2 unspecified atom stereocenters. The number of morpholine rings is 1. The highest BCUT2D eigenvalue weighted by Gasteiger charge is 2.45. The Morgan fingerprint density at radius 3 is 2.79 bits per heavy atom. The van der Waals surface area contributed by atoms with Gasteiger partial charge in [-0.2, -0.15) is 0 Å². The van der Waals surface area contributed by atoms with E-state index in [1.807, 2.05) is 30.3 Å². The van der Waals surface area contributed by atoms with Crippen molar-refractivity contribution in [3.63, 3.8) is 0 Å². The maximum Gasteiger partial charge on any atom is 0.228 e. The lowest BCUT2D eigenvalue weighted by Gasteiger charge is -2.27. The van der Waals surface area contributed by atoms with Gasteiger partial charge in [-0.3, -0.25) is 9.69 Å². The summed E-state index contributed by atoms with van der Waals surface area (Å²) in [5, 5.41) is 3.12. The van der Waals surface area contributed by atoms with Crippen LogP contribution in [-0.2, 0) is 16.1 Å². The zero-order chi connectivity index (χ0) is 16.4. The zero-order valence-electron chi connectivity index (χ0n) is 13.6. The summed E-state index contributed by atoms with van der Waals surface area (Å²) in [5.41, 5.74) is 2.07. The number of nitrogens with one attached hydrogen (secondary N) is 1. The molecule has 2 aliphatic rings. The second-order valence-electron chi connectivity index (χ2n) is 6.50. The fraction of sp³-hybridized carbons (Fsp3) is 0.421. The normalized spacial score (nSPS) is 23.8. The van der Waals surface area contributed by atoms with E-state index < -0.39 is 0 Å². The topological polar surface area (TPSA) is 54.7 Å². The Hall–Kier alpha value is -2.11. The average Bonchev–Trinajstić information content (AvgIpc) is 3.23. The molecular formula is C19H22N2O3. The predicted octanol–water partition coefficient (Wildman–Crippen LogP) is 2.85. The second-order valence-corrected chi connectivity index (χ2v) is 6.50. The molecule has 1 saturated heterocycles. The van der Waals surface area contributed by atoms with Gasteiger partial charge in [0.05, 0.1) is 19.5 Å². The highest BCUT2D eigenvalue weighted by molar-refractivity contribution is 5.95. The van der Waals surface area contributed by atoms with Crippen LogP contribution in [0.3, 0.4) is 0 Å². The van der Waals surface area contributed by atoms with E-state index in [0.717, 1.165) is 56.3 Å². The van der Waals surface area contributed by atoms with Crippen LogP contribution in [0.2, 0.25) is 0 Å². The van der Waals surface area contributed by atoms with E-state index in [1.165, 1.54) is 0 Å². The molecule has 0 radical (unpaired) electrons. The van der Waals surface area contributed by atoms with E-state index in [0.29, 0.717) is 0 Å². The lowest BCUT2D eigenvalue weighted by atomic mass is 10.1. The number of carbonyl (C=O) groups is 1. The smallest absolute Gasteiger partial charge is 0.228 e. The quantitative estimate of drug-likeness (QED) is 0.918. The predicted molar refractivity (Wildman–Crippen MR) is 90.7 cm³/mol. The Kier molecular flexibility index (Phi) is 4.36. The molecule has 24 heavy (non-hydrogen) atoms. The molecule has 5 heteroatoms. The summed E-state index contributed by atoms with van der Waals surface area (Å²) < 4.78 is 10.8. The summed E-state index contributed by atoms with van der Waals surface area (Å²) in [6, 6.07) is 11.9. The molecule has 0 bridgehead atoms. The van der Waals surface area contributed by atoms with E-state index in [1.54, 1.807) is 6.26 Å². The van der Waals surface area contributed by atoms with Crippen molar-refractivity contribution in [2.75, 3.05) is 31.6 Å². The molecule has 1 amide bonds. The Balaban J connectivity index is 1.40. The molecular weight excluding hydrogens is 304 g/mol. The number of ether oxygens (including phenoxy) is 1. The molecule has 2 heterocycles. The van der Waals surface area contributed by atoms with Gasteiger partial charge in [0.1, 0.15) is 5.76 Å². The van der Waals surface area contributed by atoms with Crippen molar-refractivity contribution in [3.8, 4) is 0 Å². The molecule has 1 aliphatic heterocycles. The zero-order valence-corrected chi connectivity index (χ0v) is 13.6. The minimum absolute atomic E-state index is 0.0209. The van der Waals surface area contributed by atoms with E-state index in [9.17, 15) is 4.79 Å². The number of nitrogens with zero attached hydrogens (tertiary/aromatic N) is 1. The van der Waals surface area contributed by atoms with Crippen molar-refractivity contribution in [2.24, 2.45) is 5.92 Å². The first kappa shape index (κ1) is 15.4. The van der Waals surface area contributed by atoms with Gasteiger partial charge in [-0.15, -0.1) is 0 Å². The summed E-state index contributed by atoms with van der Waals surface area (Å²) in [6.07, 6.45) is 2.53. The minimum Gasteiger partial charge on any atom is -0.469 e. The Morgan fingerprint density at radius 2 is 2.00 bits per heavy atom. The molecule has 2 fully saturated rings. The molecule has 5 nitrogen and oxygen atoms in total. The molecule has 1 saturated carbocycles. The maximum absolute atomic E-state index is 12.5. The fourth-order valence-electron chi connectivity index (χ4n) is 3.31. The van der Waals surface area contributed by atoms with Gasteiger partial charge >= 0.3 is 0 Å². The van der Waals surface area contributed by atoms with Crippen molar-refractivity contribution in [3.05, 3.63) is 54.0 Å². The van der Waals surface area contributed by atoms with Gasteiger partial charge in [0.15, 0.2) is 0 Å². The molecule has 2 atom stereocenters. The highest BCUT2D eigenvalue weighted by atomic mass is 16.5. The van der Waals surface area contributed by atoms with Gasteiger partial charge in [-0.05, 0) is 30.2 Å². The first-order chi connectivity index (χ1) is 11.8. The van der Waals surface area contributed by atoms with Gasteiger partial charge < -0.3 is 14.5 Å². The van der Waals surface area contributed by atoms with Crippen LogP contribution in [-0.4, -0.2) is 37.1 Å². The lowest BCUT2D eigenvalue weighted by Crippen LogP contribution is -2.35. The molecule has 1 aromatic carbocycles. The van der Waals surface area contributed by atoms with Crippen LogP contribution < -0.4 is 5.32 Å².